The first-order chi connectivity index (χ1) is 15.5. The molecule has 0 heterocycles. The fraction of sp³-hybridized carbons (Fsp3) is 0.160. The van der Waals surface area contributed by atoms with E-state index in [0.717, 1.165) is 10.6 Å². The fourth-order valence-corrected chi connectivity index (χ4v) is 3.34. The zero-order valence-electron chi connectivity index (χ0n) is 17.5. The SMILES string of the molecule is CCC(C(=O)Nc1ccc(Cl)cc1C(=O)c1ccccc1)N(C=O)OCc1ccccc1. The van der Waals surface area contributed by atoms with Gasteiger partial charge in [0.15, 0.2) is 5.78 Å². The number of nitrogens with one attached hydrogen (secondary N) is 1. The van der Waals surface area contributed by atoms with Gasteiger partial charge in [-0.2, -0.15) is 0 Å². The summed E-state index contributed by atoms with van der Waals surface area (Å²) in [5, 5.41) is 4.12. The van der Waals surface area contributed by atoms with E-state index in [1.807, 2.05) is 36.4 Å². The van der Waals surface area contributed by atoms with Gasteiger partial charge in [0.25, 0.3) is 0 Å². The van der Waals surface area contributed by atoms with E-state index >= 15 is 0 Å². The largest absolute Gasteiger partial charge is 0.324 e. The second-order valence-corrected chi connectivity index (χ2v) is 7.46. The van der Waals surface area contributed by atoms with Crippen molar-refractivity contribution in [3.05, 3.63) is 101 Å². The summed E-state index contributed by atoms with van der Waals surface area (Å²) in [6.07, 6.45) is 0.795. The molecule has 2 amide bonds. The van der Waals surface area contributed by atoms with Gasteiger partial charge in [-0.15, -0.1) is 0 Å². The highest BCUT2D eigenvalue weighted by molar-refractivity contribution is 6.31. The van der Waals surface area contributed by atoms with Gasteiger partial charge in [0, 0.05) is 16.1 Å². The van der Waals surface area contributed by atoms with Crippen LogP contribution in [0.1, 0.15) is 34.8 Å². The molecular weight excluding hydrogens is 428 g/mol. The maximum Gasteiger partial charge on any atom is 0.249 e. The Bertz CT molecular complexity index is 1070. The molecule has 1 atom stereocenters. The van der Waals surface area contributed by atoms with Crippen molar-refractivity contribution < 1.29 is 19.2 Å². The second kappa shape index (κ2) is 11.2. The van der Waals surface area contributed by atoms with Crippen LogP contribution in [0.3, 0.4) is 0 Å². The van der Waals surface area contributed by atoms with Crippen molar-refractivity contribution in [2.24, 2.45) is 0 Å². The third-order valence-electron chi connectivity index (χ3n) is 4.84. The summed E-state index contributed by atoms with van der Waals surface area (Å²) in [4.78, 5) is 43.2. The van der Waals surface area contributed by atoms with E-state index in [9.17, 15) is 14.4 Å². The summed E-state index contributed by atoms with van der Waals surface area (Å²) in [6.45, 7) is 1.91. The standard InChI is InChI=1S/C25H23ClN2O4/c1-2-23(28(17-29)32-16-18-9-5-3-6-10-18)25(31)27-22-14-13-20(26)15-21(22)24(30)19-11-7-4-8-12-19/h3-15,17,23H,2,16H2,1H3,(H,27,31). The van der Waals surface area contributed by atoms with E-state index in [1.165, 1.54) is 6.07 Å². The quantitative estimate of drug-likeness (QED) is 0.271. The number of ketones is 1. The van der Waals surface area contributed by atoms with Crippen molar-refractivity contribution in [1.82, 2.24) is 5.06 Å². The number of rotatable bonds is 10. The Kier molecular flexibility index (Phi) is 8.14. The molecule has 3 aromatic rings. The van der Waals surface area contributed by atoms with Crippen LogP contribution in [0.5, 0.6) is 0 Å². The Labute approximate surface area is 191 Å². The summed E-state index contributed by atoms with van der Waals surface area (Å²) < 4.78 is 0. The monoisotopic (exact) mass is 450 g/mol. The molecule has 0 aliphatic carbocycles. The minimum absolute atomic E-state index is 0.141. The summed E-state index contributed by atoms with van der Waals surface area (Å²) in [5.74, 6) is -0.749. The Hall–Kier alpha value is -3.48. The molecule has 0 fully saturated rings. The molecule has 32 heavy (non-hydrogen) atoms. The van der Waals surface area contributed by atoms with Crippen LogP contribution in [-0.2, 0) is 21.0 Å². The number of nitrogens with zero attached hydrogens (tertiary/aromatic N) is 1. The molecule has 0 aliphatic heterocycles. The molecule has 0 aliphatic rings. The van der Waals surface area contributed by atoms with Gasteiger partial charge < -0.3 is 5.32 Å². The van der Waals surface area contributed by atoms with Crippen molar-refractivity contribution in [3.63, 3.8) is 0 Å². The van der Waals surface area contributed by atoms with Crippen LogP contribution in [0.15, 0.2) is 78.9 Å². The van der Waals surface area contributed by atoms with Gasteiger partial charge in [0.1, 0.15) is 12.6 Å². The highest BCUT2D eigenvalue weighted by Crippen LogP contribution is 2.24. The van der Waals surface area contributed by atoms with Crippen LogP contribution in [-0.4, -0.2) is 29.2 Å². The molecule has 1 unspecified atom stereocenters. The number of halogens is 1. The van der Waals surface area contributed by atoms with Crippen LogP contribution in [0.25, 0.3) is 0 Å². The average Bonchev–Trinajstić information content (AvgIpc) is 2.83. The zero-order chi connectivity index (χ0) is 22.9. The molecule has 0 aromatic heterocycles. The number of hydrogen-bond acceptors (Lipinski definition) is 4. The molecule has 1 N–H and O–H groups in total. The van der Waals surface area contributed by atoms with Crippen molar-refractivity contribution in [2.45, 2.75) is 26.0 Å². The highest BCUT2D eigenvalue weighted by Gasteiger charge is 2.26. The van der Waals surface area contributed by atoms with Gasteiger partial charge in [0.05, 0.1) is 5.69 Å². The Morgan fingerprint density at radius 1 is 1.03 bits per heavy atom. The summed E-state index contributed by atoms with van der Waals surface area (Å²) in [7, 11) is 0. The van der Waals surface area contributed by atoms with Crippen LogP contribution < -0.4 is 5.32 Å². The summed E-state index contributed by atoms with van der Waals surface area (Å²) >= 11 is 6.11. The predicted molar refractivity (Wildman–Crippen MR) is 123 cm³/mol. The van der Waals surface area contributed by atoms with Gasteiger partial charge in [-0.25, -0.2) is 5.06 Å². The molecule has 6 nitrogen and oxygen atoms in total. The molecule has 0 bridgehead atoms. The van der Waals surface area contributed by atoms with Crippen LogP contribution in [0.4, 0.5) is 5.69 Å². The minimum atomic E-state index is -0.883. The first-order valence-corrected chi connectivity index (χ1v) is 10.5. The second-order valence-electron chi connectivity index (χ2n) is 7.02. The summed E-state index contributed by atoms with van der Waals surface area (Å²) in [6, 6.07) is 21.8. The van der Waals surface area contributed by atoms with E-state index in [0.29, 0.717) is 29.1 Å². The van der Waals surface area contributed by atoms with Crippen LogP contribution >= 0.6 is 11.6 Å². The number of hydroxylamine groups is 2. The number of carbonyl (C=O) groups excluding carboxylic acids is 3. The molecule has 164 valence electrons. The smallest absolute Gasteiger partial charge is 0.249 e. The predicted octanol–water partition coefficient (Wildman–Crippen LogP) is 4.88. The van der Waals surface area contributed by atoms with Crippen molar-refractivity contribution in [1.29, 1.82) is 0 Å². The number of benzene rings is 3. The number of carbonyl (C=O) groups is 3. The lowest BCUT2D eigenvalue weighted by Gasteiger charge is -2.26. The molecular formula is C25H23ClN2O4. The fourth-order valence-electron chi connectivity index (χ4n) is 3.17. The number of hydrogen-bond donors (Lipinski definition) is 1. The van der Waals surface area contributed by atoms with E-state index in [2.05, 4.69) is 5.32 Å². The molecule has 0 saturated carbocycles. The van der Waals surface area contributed by atoms with Gasteiger partial charge in [0.2, 0.25) is 12.3 Å². The third kappa shape index (κ3) is 5.81. The lowest BCUT2D eigenvalue weighted by molar-refractivity contribution is -0.193. The van der Waals surface area contributed by atoms with E-state index in [4.69, 9.17) is 16.4 Å². The number of amides is 2. The lowest BCUT2D eigenvalue weighted by Crippen LogP contribution is -2.43. The van der Waals surface area contributed by atoms with Gasteiger partial charge >= 0.3 is 0 Å². The molecule has 3 rings (SSSR count). The van der Waals surface area contributed by atoms with Crippen LogP contribution in [0, 0.1) is 0 Å². The summed E-state index contributed by atoms with van der Waals surface area (Å²) in [5.41, 5.74) is 1.90. The van der Waals surface area contributed by atoms with Gasteiger partial charge in [-0.05, 0) is 30.2 Å². The Morgan fingerprint density at radius 3 is 2.31 bits per heavy atom. The molecule has 0 radical (unpaired) electrons. The molecule has 3 aromatic carbocycles. The first-order valence-electron chi connectivity index (χ1n) is 10.1. The maximum atomic E-state index is 13.0. The van der Waals surface area contributed by atoms with E-state index < -0.39 is 11.9 Å². The van der Waals surface area contributed by atoms with E-state index in [1.54, 1.807) is 43.3 Å². The topological polar surface area (TPSA) is 75.7 Å². The lowest BCUT2D eigenvalue weighted by atomic mass is 10.0. The molecule has 0 saturated heterocycles. The number of anilines is 1. The zero-order valence-corrected chi connectivity index (χ0v) is 18.3. The van der Waals surface area contributed by atoms with Crippen molar-refractivity contribution in [2.75, 3.05) is 5.32 Å². The Morgan fingerprint density at radius 2 is 1.69 bits per heavy atom. The maximum absolute atomic E-state index is 13.0. The highest BCUT2D eigenvalue weighted by atomic mass is 35.5. The van der Waals surface area contributed by atoms with Crippen molar-refractivity contribution >= 4 is 35.4 Å². The Balaban J connectivity index is 1.78. The third-order valence-corrected chi connectivity index (χ3v) is 5.08. The average molecular weight is 451 g/mol. The minimum Gasteiger partial charge on any atom is -0.324 e. The molecule has 7 heteroatoms. The normalized spacial score (nSPS) is 11.4. The molecule has 0 spiro atoms. The first kappa shape index (κ1) is 23.2. The van der Waals surface area contributed by atoms with Gasteiger partial charge in [-0.3, -0.25) is 19.2 Å². The van der Waals surface area contributed by atoms with Crippen molar-refractivity contribution in [3.8, 4) is 0 Å². The van der Waals surface area contributed by atoms with Crippen LogP contribution in [0.2, 0.25) is 5.02 Å². The van der Waals surface area contributed by atoms with E-state index in [-0.39, 0.29) is 18.0 Å². The van der Waals surface area contributed by atoms with Gasteiger partial charge in [-0.1, -0.05) is 79.2 Å².